The predicted octanol–water partition coefficient (Wildman–Crippen LogP) is 3.59. The number of nitrogens with zero attached hydrogens (tertiary/aromatic N) is 3. The van der Waals surface area contributed by atoms with E-state index in [2.05, 4.69) is 50.5 Å². The molecule has 0 spiro atoms. The van der Waals surface area contributed by atoms with Gasteiger partial charge in [-0.25, -0.2) is 4.57 Å². The largest absolute Gasteiger partial charge is 0.371 e. The van der Waals surface area contributed by atoms with Crippen molar-refractivity contribution >= 4 is 33.0 Å². The van der Waals surface area contributed by atoms with Gasteiger partial charge in [-0.2, -0.15) is 4.40 Å². The summed E-state index contributed by atoms with van der Waals surface area (Å²) in [5.41, 5.74) is 9.04. The molecule has 3 aliphatic heterocycles. The summed E-state index contributed by atoms with van der Waals surface area (Å²) in [7, 11) is 0. The maximum Gasteiger partial charge on any atom is 0.295 e. The van der Waals surface area contributed by atoms with Crippen LogP contribution in [0.5, 0.6) is 0 Å². The van der Waals surface area contributed by atoms with E-state index in [0.717, 1.165) is 6.54 Å². The highest BCUT2D eigenvalue weighted by Gasteiger charge is 2.32. The molecule has 0 amide bonds. The normalized spacial score (nSPS) is 18.0. The first-order chi connectivity index (χ1) is 12.4. The molecule has 25 heavy (non-hydrogen) atoms. The summed E-state index contributed by atoms with van der Waals surface area (Å²) >= 11 is 0. The second kappa shape index (κ2) is 4.16. The minimum absolute atomic E-state index is 1.01. The molecule has 3 aliphatic rings. The minimum Gasteiger partial charge on any atom is -0.371 e. The van der Waals surface area contributed by atoms with Gasteiger partial charge in [-0.1, -0.05) is 18.2 Å². The van der Waals surface area contributed by atoms with Crippen LogP contribution in [0.4, 0.5) is 5.69 Å². The highest BCUT2D eigenvalue weighted by Crippen LogP contribution is 2.44. The number of rotatable bonds is 0. The molecule has 0 N–H and O–H groups in total. The van der Waals surface area contributed by atoms with Crippen molar-refractivity contribution in [1.29, 1.82) is 0 Å². The zero-order valence-electron chi connectivity index (χ0n) is 14.3. The summed E-state index contributed by atoms with van der Waals surface area (Å²) in [5.74, 6) is 0. The first-order valence-corrected chi connectivity index (χ1v) is 9.57. The van der Waals surface area contributed by atoms with E-state index in [1.165, 1.54) is 71.7 Å². The van der Waals surface area contributed by atoms with Crippen molar-refractivity contribution < 1.29 is 4.57 Å². The molecule has 5 heterocycles. The third-order valence-electron chi connectivity index (χ3n) is 6.64. The maximum absolute atomic E-state index is 2.66. The van der Waals surface area contributed by atoms with Gasteiger partial charge in [0.25, 0.3) is 5.65 Å². The number of pyridine rings is 1. The van der Waals surface area contributed by atoms with Gasteiger partial charge in [-0.15, -0.1) is 0 Å². The van der Waals surface area contributed by atoms with Crippen LogP contribution in [0.3, 0.4) is 0 Å². The Morgan fingerprint density at radius 2 is 1.88 bits per heavy atom. The smallest absolute Gasteiger partial charge is 0.295 e. The van der Waals surface area contributed by atoms with Gasteiger partial charge in [0.1, 0.15) is 24.5 Å². The average Bonchev–Trinajstić information content (AvgIpc) is 3.21. The average molecular weight is 326 g/mol. The molecule has 0 saturated heterocycles. The number of aryl methyl sites for hydroxylation is 2. The Bertz CT molecular complexity index is 1230. The van der Waals surface area contributed by atoms with Crippen molar-refractivity contribution in [2.75, 3.05) is 18.0 Å². The Hall–Kier alpha value is -2.55. The van der Waals surface area contributed by atoms with Gasteiger partial charge in [0.15, 0.2) is 0 Å². The van der Waals surface area contributed by atoms with Crippen LogP contribution in [0.15, 0.2) is 36.7 Å². The minimum atomic E-state index is 1.01. The summed E-state index contributed by atoms with van der Waals surface area (Å²) in [4.78, 5) is 2.66. The fourth-order valence-corrected chi connectivity index (χ4v) is 5.73. The summed E-state index contributed by atoms with van der Waals surface area (Å²) in [6.07, 6.45) is 9.57. The van der Waals surface area contributed by atoms with E-state index in [-0.39, 0.29) is 0 Å². The third kappa shape index (κ3) is 1.39. The van der Waals surface area contributed by atoms with Crippen LogP contribution in [-0.2, 0) is 19.4 Å². The molecule has 3 nitrogen and oxygen atoms in total. The second-order valence-corrected chi connectivity index (χ2v) is 7.91. The highest BCUT2D eigenvalue weighted by molar-refractivity contribution is 6.15. The molecule has 0 bridgehead atoms. The van der Waals surface area contributed by atoms with Gasteiger partial charge in [0, 0.05) is 35.1 Å². The standard InChI is InChI=1S/C22H20N3/c1-4-15-13-24-10-11-25-18-12-14-5-2-8-23-9-3-7-17(21(14)23)20(18)16(6-1)19(15)22(24)25/h1,4,6,10-12H,2-3,5,7-9,13H2/q+1. The second-order valence-electron chi connectivity index (χ2n) is 7.91. The Morgan fingerprint density at radius 1 is 0.960 bits per heavy atom. The van der Waals surface area contributed by atoms with Crippen LogP contribution >= 0.6 is 0 Å². The molecule has 3 heteroatoms. The van der Waals surface area contributed by atoms with Gasteiger partial charge >= 0.3 is 0 Å². The quantitative estimate of drug-likeness (QED) is 0.313. The fraction of sp³-hybridized carbons (Fsp3) is 0.318. The van der Waals surface area contributed by atoms with Gasteiger partial charge in [-0.05, 0) is 42.9 Å². The van der Waals surface area contributed by atoms with Crippen molar-refractivity contribution in [3.8, 4) is 0 Å². The molecule has 122 valence electrons. The summed E-state index contributed by atoms with van der Waals surface area (Å²) in [5, 5.41) is 4.46. The number of imidazole rings is 1. The van der Waals surface area contributed by atoms with Gasteiger partial charge in [0.05, 0.1) is 5.39 Å². The topological polar surface area (TPSA) is 11.5 Å². The number of fused-ring (bicyclic) bond motifs is 4. The first kappa shape index (κ1) is 12.8. The molecule has 2 aromatic heterocycles. The van der Waals surface area contributed by atoms with E-state index >= 15 is 0 Å². The molecule has 0 aliphatic carbocycles. The summed E-state index contributed by atoms with van der Waals surface area (Å²) < 4.78 is 4.87. The van der Waals surface area contributed by atoms with Crippen LogP contribution in [0.2, 0.25) is 0 Å². The summed E-state index contributed by atoms with van der Waals surface area (Å²) in [6, 6.07) is 9.42. The van der Waals surface area contributed by atoms with E-state index < -0.39 is 0 Å². The SMILES string of the molecule is c1cc2c3c(c1)c1c4c5c(cc1n1cc[n+](c31)C2)CCCN5CCC4. The van der Waals surface area contributed by atoms with Crippen LogP contribution in [-0.4, -0.2) is 17.5 Å². The van der Waals surface area contributed by atoms with E-state index in [1.807, 2.05) is 0 Å². The molecule has 0 fully saturated rings. The molecule has 0 atom stereocenters. The summed E-state index contributed by atoms with van der Waals surface area (Å²) in [6.45, 7) is 3.49. The van der Waals surface area contributed by atoms with E-state index in [9.17, 15) is 0 Å². The maximum atomic E-state index is 2.66. The predicted molar refractivity (Wildman–Crippen MR) is 101 cm³/mol. The lowest BCUT2D eigenvalue weighted by molar-refractivity contribution is -0.657. The van der Waals surface area contributed by atoms with Crippen molar-refractivity contribution in [2.24, 2.45) is 0 Å². The Morgan fingerprint density at radius 3 is 2.84 bits per heavy atom. The van der Waals surface area contributed by atoms with Crippen molar-refractivity contribution in [3.63, 3.8) is 0 Å². The molecular formula is C22H20N3+. The molecule has 0 radical (unpaired) electrons. The zero-order valence-corrected chi connectivity index (χ0v) is 14.3. The van der Waals surface area contributed by atoms with Crippen LogP contribution in [0.25, 0.3) is 27.3 Å². The molecule has 4 aromatic rings. The van der Waals surface area contributed by atoms with Gasteiger partial charge in [-0.3, -0.25) is 0 Å². The zero-order chi connectivity index (χ0) is 16.1. The van der Waals surface area contributed by atoms with E-state index in [4.69, 9.17) is 0 Å². The van der Waals surface area contributed by atoms with Crippen molar-refractivity contribution in [1.82, 2.24) is 4.40 Å². The lowest BCUT2D eigenvalue weighted by Gasteiger charge is -2.37. The number of hydrogen-bond donors (Lipinski definition) is 0. The number of benzene rings is 2. The Balaban J connectivity index is 1.80. The number of anilines is 1. The van der Waals surface area contributed by atoms with E-state index in [1.54, 1.807) is 16.8 Å². The molecule has 2 aromatic carbocycles. The third-order valence-corrected chi connectivity index (χ3v) is 6.64. The van der Waals surface area contributed by atoms with Crippen LogP contribution < -0.4 is 9.47 Å². The van der Waals surface area contributed by atoms with Gasteiger partial charge < -0.3 is 4.90 Å². The molecule has 0 saturated carbocycles. The first-order valence-electron chi connectivity index (χ1n) is 9.57. The number of hydrogen-bond acceptors (Lipinski definition) is 1. The Labute approximate surface area is 146 Å². The van der Waals surface area contributed by atoms with Crippen LogP contribution in [0.1, 0.15) is 29.5 Å². The molecular weight excluding hydrogens is 306 g/mol. The molecule has 7 rings (SSSR count). The van der Waals surface area contributed by atoms with Crippen molar-refractivity contribution in [2.45, 2.75) is 32.2 Å². The van der Waals surface area contributed by atoms with Crippen LogP contribution in [0, 0.1) is 0 Å². The monoisotopic (exact) mass is 326 g/mol. The fourth-order valence-electron chi connectivity index (χ4n) is 5.73. The number of aromatic nitrogens is 2. The molecule has 0 unspecified atom stereocenters. The van der Waals surface area contributed by atoms with E-state index in [0.29, 0.717) is 0 Å². The highest BCUT2D eigenvalue weighted by atomic mass is 15.1. The Kier molecular flexibility index (Phi) is 2.12. The lowest BCUT2D eigenvalue weighted by atomic mass is 9.87. The lowest BCUT2D eigenvalue weighted by Crippen LogP contribution is -2.34. The van der Waals surface area contributed by atoms with Crippen molar-refractivity contribution in [3.05, 3.63) is 53.3 Å². The van der Waals surface area contributed by atoms with Gasteiger partial charge in [0.2, 0.25) is 0 Å².